The molecule has 2 saturated heterocycles. The molecule has 2 heterocycles. The number of hydrogen-bond donors (Lipinski definition) is 0. The van der Waals surface area contributed by atoms with E-state index in [1.807, 2.05) is 36.1 Å². The molecule has 1 unspecified atom stereocenters. The summed E-state index contributed by atoms with van der Waals surface area (Å²) in [6.07, 6.45) is 1.84. The zero-order valence-electron chi connectivity index (χ0n) is 17.5. The standard InChI is InChI=1S/C24H28FNO4/c1-17-21(7-4-8-22(17)28-2)23(27)26-15-24(16-26)12-19(14-30-24)9-10-29-13-18-5-3-6-20(25)11-18/h3-8,11,19H,9-10,12-16H2,1-2H3. The number of ether oxygens (including phenoxy) is 3. The number of likely N-dealkylation sites (tertiary alicyclic amines) is 1. The van der Waals surface area contributed by atoms with Gasteiger partial charge in [0.2, 0.25) is 0 Å². The lowest BCUT2D eigenvalue weighted by molar-refractivity contribution is -0.0950. The lowest BCUT2D eigenvalue weighted by Crippen LogP contribution is -2.63. The van der Waals surface area contributed by atoms with Gasteiger partial charge in [-0.1, -0.05) is 18.2 Å². The molecule has 2 aliphatic heterocycles. The molecule has 2 aliphatic rings. The summed E-state index contributed by atoms with van der Waals surface area (Å²) in [6.45, 7) is 4.90. The molecule has 1 amide bonds. The van der Waals surface area contributed by atoms with Gasteiger partial charge in [0.1, 0.15) is 17.2 Å². The van der Waals surface area contributed by atoms with Crippen molar-refractivity contribution >= 4 is 5.91 Å². The molecule has 6 heteroatoms. The smallest absolute Gasteiger partial charge is 0.254 e. The molecule has 160 valence electrons. The second kappa shape index (κ2) is 8.74. The number of carbonyl (C=O) groups excluding carboxylic acids is 1. The number of halogens is 1. The van der Waals surface area contributed by atoms with E-state index in [4.69, 9.17) is 14.2 Å². The van der Waals surface area contributed by atoms with E-state index in [1.54, 1.807) is 13.2 Å². The number of carbonyl (C=O) groups is 1. The van der Waals surface area contributed by atoms with Gasteiger partial charge in [0.15, 0.2) is 0 Å². The Kier molecular flexibility index (Phi) is 6.06. The Hall–Kier alpha value is -2.44. The van der Waals surface area contributed by atoms with Crippen molar-refractivity contribution in [3.05, 3.63) is 65.0 Å². The Morgan fingerprint density at radius 1 is 1.27 bits per heavy atom. The third-order valence-corrected chi connectivity index (χ3v) is 6.09. The Balaban J connectivity index is 1.22. The van der Waals surface area contributed by atoms with E-state index in [-0.39, 0.29) is 17.3 Å². The van der Waals surface area contributed by atoms with Gasteiger partial charge in [-0.15, -0.1) is 0 Å². The van der Waals surface area contributed by atoms with Crippen LogP contribution in [0.3, 0.4) is 0 Å². The highest BCUT2D eigenvalue weighted by atomic mass is 19.1. The molecule has 0 radical (unpaired) electrons. The maximum atomic E-state index is 13.2. The van der Waals surface area contributed by atoms with E-state index >= 15 is 0 Å². The Labute approximate surface area is 176 Å². The molecule has 0 aliphatic carbocycles. The van der Waals surface area contributed by atoms with Crippen molar-refractivity contribution in [1.29, 1.82) is 0 Å². The molecule has 4 rings (SSSR count). The zero-order chi connectivity index (χ0) is 21.1. The Morgan fingerprint density at radius 2 is 2.07 bits per heavy atom. The summed E-state index contributed by atoms with van der Waals surface area (Å²) in [7, 11) is 1.61. The van der Waals surface area contributed by atoms with Crippen molar-refractivity contribution in [1.82, 2.24) is 4.90 Å². The molecule has 2 aromatic carbocycles. The molecule has 2 fully saturated rings. The van der Waals surface area contributed by atoms with Crippen LogP contribution < -0.4 is 4.74 Å². The van der Waals surface area contributed by atoms with Crippen LogP contribution in [0.5, 0.6) is 5.75 Å². The average Bonchev–Trinajstić information content (AvgIpc) is 3.15. The SMILES string of the molecule is COc1cccc(C(=O)N2CC3(CC(CCOCc4cccc(F)c4)CO3)C2)c1C. The first kappa shape index (κ1) is 20.8. The summed E-state index contributed by atoms with van der Waals surface area (Å²) < 4.78 is 30.3. The molecule has 0 bridgehead atoms. The van der Waals surface area contributed by atoms with E-state index < -0.39 is 0 Å². The fourth-order valence-corrected chi connectivity index (χ4v) is 4.44. The lowest BCUT2D eigenvalue weighted by Gasteiger charge is -2.47. The van der Waals surface area contributed by atoms with Crippen LogP contribution >= 0.6 is 0 Å². The van der Waals surface area contributed by atoms with Gasteiger partial charge < -0.3 is 19.1 Å². The zero-order valence-corrected chi connectivity index (χ0v) is 17.5. The third-order valence-electron chi connectivity index (χ3n) is 6.09. The number of methoxy groups -OCH3 is 1. The van der Waals surface area contributed by atoms with Gasteiger partial charge >= 0.3 is 0 Å². The second-order valence-corrected chi connectivity index (χ2v) is 8.33. The number of hydrogen-bond acceptors (Lipinski definition) is 4. The maximum Gasteiger partial charge on any atom is 0.254 e. The van der Waals surface area contributed by atoms with Gasteiger partial charge in [0.25, 0.3) is 5.91 Å². The first-order valence-corrected chi connectivity index (χ1v) is 10.4. The number of benzene rings is 2. The lowest BCUT2D eigenvalue weighted by atomic mass is 9.85. The summed E-state index contributed by atoms with van der Waals surface area (Å²) >= 11 is 0. The minimum Gasteiger partial charge on any atom is -0.496 e. The fourth-order valence-electron chi connectivity index (χ4n) is 4.44. The first-order valence-electron chi connectivity index (χ1n) is 10.4. The highest BCUT2D eigenvalue weighted by Gasteiger charge is 2.51. The third kappa shape index (κ3) is 4.35. The molecular weight excluding hydrogens is 385 g/mol. The normalized spacial score (nSPS) is 19.7. The van der Waals surface area contributed by atoms with E-state index in [0.717, 1.165) is 29.7 Å². The van der Waals surface area contributed by atoms with Crippen molar-refractivity contribution in [2.75, 3.05) is 33.4 Å². The quantitative estimate of drug-likeness (QED) is 0.645. The summed E-state index contributed by atoms with van der Waals surface area (Å²) in [5.41, 5.74) is 2.18. The summed E-state index contributed by atoms with van der Waals surface area (Å²) in [5.74, 6) is 0.942. The van der Waals surface area contributed by atoms with E-state index in [9.17, 15) is 9.18 Å². The predicted octanol–water partition coefficient (Wildman–Crippen LogP) is 3.98. The minimum atomic E-state index is -0.240. The summed E-state index contributed by atoms with van der Waals surface area (Å²) in [4.78, 5) is 14.7. The highest BCUT2D eigenvalue weighted by molar-refractivity contribution is 5.97. The van der Waals surface area contributed by atoms with Crippen molar-refractivity contribution in [3.8, 4) is 5.75 Å². The maximum absolute atomic E-state index is 13.2. The van der Waals surface area contributed by atoms with Crippen molar-refractivity contribution < 1.29 is 23.4 Å². The summed E-state index contributed by atoms with van der Waals surface area (Å²) in [5, 5.41) is 0. The van der Waals surface area contributed by atoms with Gasteiger partial charge in [-0.25, -0.2) is 4.39 Å². The molecule has 2 aromatic rings. The molecule has 1 atom stereocenters. The topological polar surface area (TPSA) is 48.0 Å². The molecule has 1 spiro atoms. The van der Waals surface area contributed by atoms with Gasteiger partial charge in [-0.2, -0.15) is 0 Å². The van der Waals surface area contributed by atoms with Crippen LogP contribution in [0, 0.1) is 18.7 Å². The van der Waals surface area contributed by atoms with Crippen LogP contribution in [0.1, 0.15) is 34.3 Å². The van der Waals surface area contributed by atoms with Gasteiger partial charge in [0, 0.05) is 17.7 Å². The average molecular weight is 413 g/mol. The molecular formula is C24H28FNO4. The van der Waals surface area contributed by atoms with Gasteiger partial charge in [0.05, 0.1) is 33.4 Å². The Bertz CT molecular complexity index is 910. The molecule has 0 N–H and O–H groups in total. The molecule has 0 aromatic heterocycles. The predicted molar refractivity (Wildman–Crippen MR) is 111 cm³/mol. The van der Waals surface area contributed by atoms with Crippen LogP contribution in [0.2, 0.25) is 0 Å². The van der Waals surface area contributed by atoms with E-state index in [0.29, 0.717) is 44.4 Å². The van der Waals surface area contributed by atoms with Crippen molar-refractivity contribution in [2.24, 2.45) is 5.92 Å². The molecule has 0 saturated carbocycles. The van der Waals surface area contributed by atoms with Gasteiger partial charge in [-0.3, -0.25) is 4.79 Å². The minimum absolute atomic E-state index is 0.0301. The number of amides is 1. The van der Waals surface area contributed by atoms with Crippen LogP contribution in [-0.2, 0) is 16.1 Å². The van der Waals surface area contributed by atoms with Crippen LogP contribution in [-0.4, -0.2) is 49.8 Å². The monoisotopic (exact) mass is 413 g/mol. The fraction of sp³-hybridized carbons (Fsp3) is 0.458. The van der Waals surface area contributed by atoms with Crippen molar-refractivity contribution in [2.45, 2.75) is 32.0 Å². The largest absolute Gasteiger partial charge is 0.496 e. The number of rotatable bonds is 7. The van der Waals surface area contributed by atoms with Crippen LogP contribution in [0.15, 0.2) is 42.5 Å². The molecule has 30 heavy (non-hydrogen) atoms. The molecule has 5 nitrogen and oxygen atoms in total. The highest BCUT2D eigenvalue weighted by Crippen LogP contribution is 2.40. The first-order chi connectivity index (χ1) is 14.5. The summed E-state index contributed by atoms with van der Waals surface area (Å²) in [6, 6.07) is 12.0. The second-order valence-electron chi connectivity index (χ2n) is 8.33. The van der Waals surface area contributed by atoms with E-state index in [2.05, 4.69) is 0 Å². The van der Waals surface area contributed by atoms with Crippen molar-refractivity contribution in [3.63, 3.8) is 0 Å². The van der Waals surface area contributed by atoms with Gasteiger partial charge in [-0.05, 0) is 55.5 Å². The Morgan fingerprint density at radius 3 is 2.83 bits per heavy atom. The van der Waals surface area contributed by atoms with Crippen LogP contribution in [0.4, 0.5) is 4.39 Å². The number of nitrogens with zero attached hydrogens (tertiary/aromatic N) is 1. The van der Waals surface area contributed by atoms with Crippen LogP contribution in [0.25, 0.3) is 0 Å². The van der Waals surface area contributed by atoms with E-state index in [1.165, 1.54) is 12.1 Å².